The van der Waals surface area contributed by atoms with Crippen LogP contribution in [0.25, 0.3) is 0 Å². The first-order valence-electron chi connectivity index (χ1n) is 3.37. The van der Waals surface area contributed by atoms with Gasteiger partial charge >= 0.3 is 6.18 Å². The molecule has 0 amide bonds. The molecule has 1 aromatic rings. The number of hydrogen-bond acceptors (Lipinski definition) is 1. The van der Waals surface area contributed by atoms with Gasteiger partial charge in [0.05, 0.1) is 11.1 Å². The Hall–Kier alpha value is -1.46. The van der Waals surface area contributed by atoms with Crippen LogP contribution in [0.3, 0.4) is 0 Å². The van der Waals surface area contributed by atoms with Gasteiger partial charge < -0.3 is 0 Å². The Balaban J connectivity index is 3.39. The minimum Gasteiger partial charge on any atom is -0.298 e. The fourth-order valence-corrected chi connectivity index (χ4v) is 0.873. The van der Waals surface area contributed by atoms with E-state index in [-0.39, 0.29) is 18.4 Å². The van der Waals surface area contributed by atoms with Gasteiger partial charge in [0, 0.05) is 6.07 Å². The average molecular weight is 210 g/mol. The first kappa shape index (κ1) is 10.6. The Labute approximate surface area is 75.2 Å². The topological polar surface area (TPSA) is 17.1 Å². The third-order valence-corrected chi connectivity index (χ3v) is 1.52. The summed E-state index contributed by atoms with van der Waals surface area (Å²) in [5, 5.41) is 0. The summed E-state index contributed by atoms with van der Waals surface area (Å²) in [6.07, 6.45) is -5.04. The van der Waals surface area contributed by atoms with E-state index in [1.165, 1.54) is 0 Å². The molecule has 1 aromatic carbocycles. The van der Waals surface area contributed by atoms with Crippen molar-refractivity contribution in [1.29, 1.82) is 0 Å². The van der Waals surface area contributed by atoms with E-state index in [0.717, 1.165) is 0 Å². The van der Waals surface area contributed by atoms with E-state index in [9.17, 15) is 26.7 Å². The van der Waals surface area contributed by atoms with Crippen LogP contribution in [0.2, 0.25) is 0 Å². The molecule has 0 aliphatic carbocycles. The minimum absolute atomic E-state index is 0.0343. The Morgan fingerprint density at radius 1 is 1.07 bits per heavy atom. The maximum atomic E-state index is 12.6. The van der Waals surface area contributed by atoms with Gasteiger partial charge in [0.1, 0.15) is 11.6 Å². The molecule has 0 saturated carbocycles. The quantitative estimate of drug-likeness (QED) is 0.514. The second-order valence-corrected chi connectivity index (χ2v) is 2.47. The van der Waals surface area contributed by atoms with Crippen molar-refractivity contribution < 1.29 is 26.7 Å². The number of carbonyl (C=O) groups excluding carboxylic acids is 1. The highest BCUT2D eigenvalue weighted by molar-refractivity contribution is 5.75. The van der Waals surface area contributed by atoms with Crippen molar-refractivity contribution in [3.63, 3.8) is 0 Å². The Bertz CT molecular complexity index is 369. The van der Waals surface area contributed by atoms with Gasteiger partial charge in [-0.3, -0.25) is 4.79 Å². The first-order valence-corrected chi connectivity index (χ1v) is 3.37. The summed E-state index contributed by atoms with van der Waals surface area (Å²) in [6, 6.07) is 0.171. The molecule has 0 aliphatic rings. The molecule has 0 bridgehead atoms. The van der Waals surface area contributed by atoms with Crippen molar-refractivity contribution in [3.05, 3.63) is 34.9 Å². The van der Waals surface area contributed by atoms with Crippen molar-refractivity contribution in [1.82, 2.24) is 0 Å². The minimum atomic E-state index is -4.93. The van der Waals surface area contributed by atoms with Crippen LogP contribution in [-0.4, -0.2) is 6.29 Å². The number of alkyl halides is 3. The Morgan fingerprint density at radius 3 is 2.07 bits per heavy atom. The fraction of sp³-hybridized carbons (Fsp3) is 0.125. The number of hydrogen-bond donors (Lipinski definition) is 0. The van der Waals surface area contributed by atoms with Gasteiger partial charge in [-0.1, -0.05) is 0 Å². The molecule has 0 atom stereocenters. The Morgan fingerprint density at radius 2 is 1.64 bits per heavy atom. The molecule has 14 heavy (non-hydrogen) atoms. The van der Waals surface area contributed by atoms with Crippen LogP contribution in [0.1, 0.15) is 15.9 Å². The lowest BCUT2D eigenvalue weighted by molar-refractivity contribution is -0.140. The van der Waals surface area contributed by atoms with Crippen LogP contribution in [0.5, 0.6) is 0 Å². The van der Waals surface area contributed by atoms with Crippen molar-refractivity contribution in [2.45, 2.75) is 6.18 Å². The molecule has 0 aliphatic heterocycles. The maximum Gasteiger partial charge on any atom is 0.419 e. The van der Waals surface area contributed by atoms with Gasteiger partial charge in [-0.2, -0.15) is 13.2 Å². The standard InChI is InChI=1S/C8H3F5O/c9-6-2-7(10)5(8(11,12)13)1-4(6)3-14/h1-3H. The van der Waals surface area contributed by atoms with Gasteiger partial charge in [0.2, 0.25) is 0 Å². The second-order valence-electron chi connectivity index (χ2n) is 2.47. The molecule has 0 heterocycles. The maximum absolute atomic E-state index is 12.6. The summed E-state index contributed by atoms with van der Waals surface area (Å²) in [6.45, 7) is 0. The van der Waals surface area contributed by atoms with Crippen LogP contribution < -0.4 is 0 Å². The van der Waals surface area contributed by atoms with E-state index in [1.54, 1.807) is 0 Å². The SMILES string of the molecule is O=Cc1cc(C(F)(F)F)c(F)cc1F. The predicted octanol–water partition coefficient (Wildman–Crippen LogP) is 2.80. The lowest BCUT2D eigenvalue weighted by atomic mass is 10.1. The van der Waals surface area contributed by atoms with Crippen LogP contribution >= 0.6 is 0 Å². The van der Waals surface area contributed by atoms with Gasteiger partial charge in [-0.25, -0.2) is 8.78 Å². The molecule has 0 unspecified atom stereocenters. The highest BCUT2D eigenvalue weighted by Gasteiger charge is 2.34. The Kier molecular flexibility index (Phi) is 2.55. The third-order valence-electron chi connectivity index (χ3n) is 1.52. The van der Waals surface area contributed by atoms with Crippen LogP contribution in [0, 0.1) is 11.6 Å². The number of halogens is 5. The van der Waals surface area contributed by atoms with E-state index < -0.39 is 28.9 Å². The number of aldehydes is 1. The zero-order chi connectivity index (χ0) is 10.9. The van der Waals surface area contributed by atoms with E-state index in [4.69, 9.17) is 0 Å². The average Bonchev–Trinajstić information content (AvgIpc) is 2.02. The molecule has 0 spiro atoms. The van der Waals surface area contributed by atoms with Crippen molar-refractivity contribution in [2.75, 3.05) is 0 Å². The zero-order valence-electron chi connectivity index (χ0n) is 6.53. The van der Waals surface area contributed by atoms with Gasteiger partial charge in [0.15, 0.2) is 6.29 Å². The highest BCUT2D eigenvalue weighted by Crippen LogP contribution is 2.32. The summed E-state index contributed by atoms with van der Waals surface area (Å²) >= 11 is 0. The smallest absolute Gasteiger partial charge is 0.298 e. The van der Waals surface area contributed by atoms with Gasteiger partial charge in [-0.15, -0.1) is 0 Å². The molecule has 0 saturated heterocycles. The molecular formula is C8H3F5O. The van der Waals surface area contributed by atoms with E-state index in [0.29, 0.717) is 0 Å². The summed E-state index contributed by atoms with van der Waals surface area (Å²) in [7, 11) is 0. The number of carbonyl (C=O) groups is 1. The molecule has 0 radical (unpaired) electrons. The fourth-order valence-electron chi connectivity index (χ4n) is 0.873. The van der Waals surface area contributed by atoms with E-state index >= 15 is 0 Å². The van der Waals surface area contributed by atoms with E-state index in [2.05, 4.69) is 0 Å². The third kappa shape index (κ3) is 1.89. The molecule has 0 N–H and O–H groups in total. The molecule has 0 fully saturated rings. The summed E-state index contributed by atoms with van der Waals surface area (Å²) in [4.78, 5) is 10.1. The van der Waals surface area contributed by atoms with Gasteiger partial charge in [0.25, 0.3) is 0 Å². The lowest BCUT2D eigenvalue weighted by Gasteiger charge is -2.08. The van der Waals surface area contributed by atoms with Crippen LogP contribution in [0.15, 0.2) is 12.1 Å². The molecule has 0 aromatic heterocycles. The normalized spacial score (nSPS) is 11.5. The molecule has 6 heteroatoms. The summed E-state index contributed by atoms with van der Waals surface area (Å²) < 4.78 is 61.2. The number of benzene rings is 1. The predicted molar refractivity (Wildman–Crippen MR) is 36.7 cm³/mol. The van der Waals surface area contributed by atoms with Crippen molar-refractivity contribution >= 4 is 6.29 Å². The van der Waals surface area contributed by atoms with Crippen LogP contribution in [-0.2, 0) is 6.18 Å². The molecule has 1 nitrogen and oxygen atoms in total. The lowest BCUT2D eigenvalue weighted by Crippen LogP contribution is -2.09. The highest BCUT2D eigenvalue weighted by atomic mass is 19.4. The van der Waals surface area contributed by atoms with Gasteiger partial charge in [-0.05, 0) is 6.07 Å². The van der Waals surface area contributed by atoms with Crippen molar-refractivity contribution in [2.24, 2.45) is 0 Å². The molecule has 1 rings (SSSR count). The number of rotatable bonds is 1. The summed E-state index contributed by atoms with van der Waals surface area (Å²) in [5.74, 6) is -3.05. The molecular weight excluding hydrogens is 207 g/mol. The second kappa shape index (κ2) is 3.36. The largest absolute Gasteiger partial charge is 0.419 e. The zero-order valence-corrected chi connectivity index (χ0v) is 6.53. The van der Waals surface area contributed by atoms with Crippen LogP contribution in [0.4, 0.5) is 22.0 Å². The monoisotopic (exact) mass is 210 g/mol. The first-order chi connectivity index (χ1) is 6.36. The van der Waals surface area contributed by atoms with Crippen molar-refractivity contribution in [3.8, 4) is 0 Å². The summed E-state index contributed by atoms with van der Waals surface area (Å²) in [5.41, 5.74) is -2.47. The molecule has 76 valence electrons. The van der Waals surface area contributed by atoms with E-state index in [1.807, 2.05) is 0 Å².